The van der Waals surface area contributed by atoms with E-state index in [0.29, 0.717) is 11.8 Å². The molecule has 2 N–H and O–H groups in total. The number of benzene rings is 1. The minimum atomic E-state index is 0.414. The molecule has 0 bridgehead atoms. The van der Waals surface area contributed by atoms with Crippen LogP contribution in [0, 0.1) is 5.92 Å². The third-order valence-corrected chi connectivity index (χ3v) is 3.85. The van der Waals surface area contributed by atoms with E-state index in [-0.39, 0.29) is 0 Å². The molecule has 0 amide bonds. The highest BCUT2D eigenvalue weighted by Gasteiger charge is 2.25. The van der Waals surface area contributed by atoms with Crippen LogP contribution < -0.4 is 5.73 Å². The summed E-state index contributed by atoms with van der Waals surface area (Å²) in [6, 6.07) is 8.80. The molecule has 3 rings (SSSR count). The van der Waals surface area contributed by atoms with Crippen molar-refractivity contribution in [2.24, 2.45) is 21.9 Å². The van der Waals surface area contributed by atoms with Gasteiger partial charge in [-0.2, -0.15) is 5.10 Å². The van der Waals surface area contributed by atoms with Crippen molar-refractivity contribution in [2.75, 3.05) is 0 Å². The molecule has 0 radical (unpaired) electrons. The molecule has 1 heterocycles. The second kappa shape index (κ2) is 4.56. The minimum absolute atomic E-state index is 0.414. The molecule has 1 fully saturated rings. The van der Waals surface area contributed by atoms with E-state index in [4.69, 9.17) is 5.73 Å². The predicted molar refractivity (Wildman–Crippen MR) is 75.0 cm³/mol. The second-order valence-electron chi connectivity index (χ2n) is 5.29. The van der Waals surface area contributed by atoms with E-state index in [1.165, 1.54) is 24.0 Å². The van der Waals surface area contributed by atoms with Crippen molar-refractivity contribution in [1.29, 1.82) is 0 Å². The van der Waals surface area contributed by atoms with Crippen LogP contribution >= 0.6 is 0 Å². The fraction of sp³-hybridized carbons (Fsp3) is 0.467. The molecule has 0 aromatic heterocycles. The summed E-state index contributed by atoms with van der Waals surface area (Å²) in [4.78, 5) is 0. The van der Waals surface area contributed by atoms with Crippen molar-refractivity contribution < 1.29 is 0 Å². The lowest BCUT2D eigenvalue weighted by Gasteiger charge is -2.20. The Morgan fingerprint density at radius 1 is 1.28 bits per heavy atom. The Morgan fingerprint density at radius 2 is 2.11 bits per heavy atom. The van der Waals surface area contributed by atoms with E-state index >= 15 is 0 Å². The Kier molecular flexibility index (Phi) is 2.90. The summed E-state index contributed by atoms with van der Waals surface area (Å²) in [6.45, 7) is 2.18. The normalized spacial score (nSPS) is 23.5. The zero-order chi connectivity index (χ0) is 12.5. The van der Waals surface area contributed by atoms with Crippen molar-refractivity contribution in [1.82, 2.24) is 0 Å². The first kappa shape index (κ1) is 11.5. The van der Waals surface area contributed by atoms with Crippen LogP contribution in [0.3, 0.4) is 0 Å². The van der Waals surface area contributed by atoms with Gasteiger partial charge < -0.3 is 5.73 Å². The third kappa shape index (κ3) is 2.17. The lowest BCUT2D eigenvalue weighted by atomic mass is 9.89. The number of hydrogen-bond acceptors (Lipinski definition) is 3. The number of hydrogen-bond donors (Lipinski definition) is 1. The molecule has 94 valence electrons. The maximum Gasteiger partial charge on any atom is 0.123 e. The molecule has 0 saturated heterocycles. The molecule has 3 nitrogen and oxygen atoms in total. The van der Waals surface area contributed by atoms with Crippen LogP contribution in [-0.4, -0.2) is 11.5 Å². The SMILES string of the molecule is CCC1CC(N)=NN=C1c1cccc(C2CC2)c1. The van der Waals surface area contributed by atoms with Gasteiger partial charge in [0, 0.05) is 12.3 Å². The van der Waals surface area contributed by atoms with E-state index < -0.39 is 0 Å². The zero-order valence-corrected chi connectivity index (χ0v) is 10.8. The fourth-order valence-corrected chi connectivity index (χ4v) is 2.59. The third-order valence-electron chi connectivity index (χ3n) is 3.85. The van der Waals surface area contributed by atoms with Gasteiger partial charge in [0.05, 0.1) is 5.71 Å². The Hall–Kier alpha value is -1.64. The first-order chi connectivity index (χ1) is 8.78. The molecule has 3 heteroatoms. The average molecular weight is 241 g/mol. The van der Waals surface area contributed by atoms with Crippen LogP contribution in [0.4, 0.5) is 0 Å². The molecule has 1 unspecified atom stereocenters. The van der Waals surface area contributed by atoms with Gasteiger partial charge in [0.1, 0.15) is 5.84 Å². The highest BCUT2D eigenvalue weighted by Crippen LogP contribution is 2.40. The highest BCUT2D eigenvalue weighted by molar-refractivity contribution is 6.05. The molecule has 1 aliphatic heterocycles. The van der Waals surface area contributed by atoms with Gasteiger partial charge in [-0.3, -0.25) is 0 Å². The van der Waals surface area contributed by atoms with E-state index in [0.717, 1.165) is 24.5 Å². The Bertz CT molecular complexity index is 512. The van der Waals surface area contributed by atoms with Gasteiger partial charge in [0.15, 0.2) is 0 Å². The van der Waals surface area contributed by atoms with Crippen molar-refractivity contribution in [3.05, 3.63) is 35.4 Å². The summed E-state index contributed by atoms with van der Waals surface area (Å²) in [5, 5.41) is 8.39. The molecule has 0 spiro atoms. The van der Waals surface area contributed by atoms with E-state index in [2.05, 4.69) is 41.4 Å². The second-order valence-corrected chi connectivity index (χ2v) is 5.29. The summed E-state index contributed by atoms with van der Waals surface area (Å²) >= 11 is 0. The maximum absolute atomic E-state index is 5.77. The molecular formula is C15H19N3. The smallest absolute Gasteiger partial charge is 0.123 e. The quantitative estimate of drug-likeness (QED) is 0.868. The molecule has 1 aromatic carbocycles. The summed E-state index contributed by atoms with van der Waals surface area (Å²) in [5.41, 5.74) is 9.55. The number of rotatable bonds is 3. The minimum Gasteiger partial charge on any atom is -0.386 e. The lowest BCUT2D eigenvalue weighted by Crippen LogP contribution is -2.26. The van der Waals surface area contributed by atoms with Crippen LogP contribution in [0.1, 0.15) is 49.7 Å². The highest BCUT2D eigenvalue weighted by atomic mass is 15.2. The van der Waals surface area contributed by atoms with Gasteiger partial charge in [-0.15, -0.1) is 5.10 Å². The molecule has 1 aromatic rings. The lowest BCUT2D eigenvalue weighted by molar-refractivity contribution is 0.677. The summed E-state index contributed by atoms with van der Waals surface area (Å²) in [6.07, 6.45) is 4.56. The van der Waals surface area contributed by atoms with Gasteiger partial charge in [-0.25, -0.2) is 0 Å². The van der Waals surface area contributed by atoms with Gasteiger partial charge in [-0.1, -0.05) is 25.1 Å². The van der Waals surface area contributed by atoms with Crippen molar-refractivity contribution in [3.8, 4) is 0 Å². The van der Waals surface area contributed by atoms with E-state index in [1.807, 2.05) is 0 Å². The zero-order valence-electron chi connectivity index (χ0n) is 10.8. The topological polar surface area (TPSA) is 50.7 Å². The molecule has 1 aliphatic carbocycles. The maximum atomic E-state index is 5.77. The summed E-state index contributed by atoms with van der Waals surface area (Å²) in [5.74, 6) is 1.85. The number of amidine groups is 1. The van der Waals surface area contributed by atoms with Crippen LogP contribution in [-0.2, 0) is 0 Å². The van der Waals surface area contributed by atoms with Crippen molar-refractivity contribution in [2.45, 2.75) is 38.5 Å². The van der Waals surface area contributed by atoms with Crippen LogP contribution in [0.15, 0.2) is 34.5 Å². The van der Waals surface area contributed by atoms with Crippen molar-refractivity contribution in [3.63, 3.8) is 0 Å². The molecule has 2 aliphatic rings. The van der Waals surface area contributed by atoms with Gasteiger partial charge in [0.25, 0.3) is 0 Å². The Labute approximate surface area is 108 Å². The largest absolute Gasteiger partial charge is 0.386 e. The monoisotopic (exact) mass is 241 g/mol. The molecule has 1 atom stereocenters. The first-order valence-corrected chi connectivity index (χ1v) is 6.78. The predicted octanol–water partition coefficient (Wildman–Crippen LogP) is 3.06. The van der Waals surface area contributed by atoms with E-state index in [9.17, 15) is 0 Å². The van der Waals surface area contributed by atoms with Crippen LogP contribution in [0.5, 0.6) is 0 Å². The standard InChI is InChI=1S/C15H19N3/c1-2-10-9-14(16)17-18-15(10)13-5-3-4-12(8-13)11-6-7-11/h3-5,8,10-11H,2,6-7,9H2,1H3,(H2,16,17). The van der Waals surface area contributed by atoms with E-state index in [1.54, 1.807) is 0 Å². The average Bonchev–Trinajstić information content (AvgIpc) is 3.23. The molecule has 18 heavy (non-hydrogen) atoms. The summed E-state index contributed by atoms with van der Waals surface area (Å²) < 4.78 is 0. The van der Waals surface area contributed by atoms with Gasteiger partial charge in [0.2, 0.25) is 0 Å². The number of nitrogens with two attached hydrogens (primary N) is 1. The number of nitrogens with zero attached hydrogens (tertiary/aromatic N) is 2. The Morgan fingerprint density at radius 3 is 2.83 bits per heavy atom. The van der Waals surface area contributed by atoms with Crippen LogP contribution in [0.25, 0.3) is 0 Å². The van der Waals surface area contributed by atoms with Crippen LogP contribution in [0.2, 0.25) is 0 Å². The Balaban J connectivity index is 1.95. The first-order valence-electron chi connectivity index (χ1n) is 6.78. The fourth-order valence-electron chi connectivity index (χ4n) is 2.59. The molecular weight excluding hydrogens is 222 g/mol. The van der Waals surface area contributed by atoms with Crippen molar-refractivity contribution >= 4 is 11.5 Å². The van der Waals surface area contributed by atoms with Gasteiger partial charge in [-0.05, 0) is 42.4 Å². The molecule has 1 saturated carbocycles. The summed E-state index contributed by atoms with van der Waals surface area (Å²) in [7, 11) is 0. The van der Waals surface area contributed by atoms with Gasteiger partial charge >= 0.3 is 0 Å².